The van der Waals surface area contributed by atoms with E-state index < -0.39 is 0 Å². The average molecular weight is 297 g/mol. The topological polar surface area (TPSA) is 56.8 Å². The number of halogens is 1. The summed E-state index contributed by atoms with van der Waals surface area (Å²) in [6, 6.07) is 16.8. The van der Waals surface area contributed by atoms with E-state index in [0.29, 0.717) is 22.8 Å². The lowest BCUT2D eigenvalue weighted by Gasteiger charge is -2.13. The molecule has 0 spiro atoms. The van der Waals surface area contributed by atoms with E-state index in [-0.39, 0.29) is 5.92 Å². The average Bonchev–Trinajstić information content (AvgIpc) is 2.52. The molecule has 0 radical (unpaired) electrons. The Hall–Kier alpha value is -2.49. The van der Waals surface area contributed by atoms with Gasteiger partial charge in [0.1, 0.15) is 5.75 Å². The standard InChI is InChI=1S/C17H13ClN2O/c1-21-17-6-5-16(18)9-14(17)8-15(11-20)13-4-2-3-12(7-13)10-19/h2-7,9,15H,8H2,1H3. The van der Waals surface area contributed by atoms with Crippen LogP contribution >= 0.6 is 11.6 Å². The summed E-state index contributed by atoms with van der Waals surface area (Å²) >= 11 is 6.01. The molecule has 0 heterocycles. The monoisotopic (exact) mass is 296 g/mol. The summed E-state index contributed by atoms with van der Waals surface area (Å²) in [6.07, 6.45) is 0.481. The molecule has 1 atom stereocenters. The first-order chi connectivity index (χ1) is 10.2. The molecule has 0 aliphatic rings. The van der Waals surface area contributed by atoms with Gasteiger partial charge in [-0.1, -0.05) is 23.7 Å². The van der Waals surface area contributed by atoms with Gasteiger partial charge >= 0.3 is 0 Å². The second-order valence-corrected chi connectivity index (χ2v) is 5.02. The molecule has 3 nitrogen and oxygen atoms in total. The number of benzene rings is 2. The van der Waals surface area contributed by atoms with Gasteiger partial charge in [0.05, 0.1) is 30.7 Å². The molecule has 0 aromatic heterocycles. The Balaban J connectivity index is 2.34. The Morgan fingerprint density at radius 2 is 2.00 bits per heavy atom. The number of nitrogens with zero attached hydrogens (tertiary/aromatic N) is 2. The predicted octanol–water partition coefficient (Wildman–Crippen LogP) is 4.07. The molecule has 0 bridgehead atoms. The number of methoxy groups -OCH3 is 1. The molecule has 0 amide bonds. The van der Waals surface area contributed by atoms with Crippen LogP contribution in [0.1, 0.15) is 22.6 Å². The Kier molecular flexibility index (Phi) is 4.82. The first kappa shape index (κ1) is 14.9. The molecule has 0 fully saturated rings. The maximum absolute atomic E-state index is 9.43. The summed E-state index contributed by atoms with van der Waals surface area (Å²) in [5.41, 5.74) is 2.24. The molecule has 1 unspecified atom stereocenters. The fraction of sp³-hybridized carbons (Fsp3) is 0.176. The lowest BCUT2D eigenvalue weighted by atomic mass is 9.92. The zero-order valence-electron chi connectivity index (χ0n) is 11.5. The van der Waals surface area contributed by atoms with Crippen LogP contribution in [0.3, 0.4) is 0 Å². The molecule has 0 saturated carbocycles. The van der Waals surface area contributed by atoms with Crippen molar-refractivity contribution in [3.63, 3.8) is 0 Å². The first-order valence-electron chi connectivity index (χ1n) is 6.40. The van der Waals surface area contributed by atoms with Crippen molar-refractivity contribution in [1.82, 2.24) is 0 Å². The third-order valence-corrected chi connectivity index (χ3v) is 3.48. The second-order valence-electron chi connectivity index (χ2n) is 4.58. The highest BCUT2D eigenvalue weighted by Gasteiger charge is 2.15. The van der Waals surface area contributed by atoms with Crippen molar-refractivity contribution >= 4 is 11.6 Å². The van der Waals surface area contributed by atoms with Gasteiger partial charge in [0.15, 0.2) is 0 Å². The van der Waals surface area contributed by atoms with Crippen molar-refractivity contribution < 1.29 is 4.74 Å². The summed E-state index contributed by atoms with van der Waals surface area (Å²) in [7, 11) is 1.59. The molecule has 104 valence electrons. The maximum atomic E-state index is 9.43. The Bertz CT molecular complexity index is 728. The number of ether oxygens (including phenoxy) is 1. The van der Waals surface area contributed by atoms with Crippen molar-refractivity contribution in [2.45, 2.75) is 12.3 Å². The Morgan fingerprint density at radius 3 is 2.67 bits per heavy atom. The summed E-state index contributed by atoms with van der Waals surface area (Å²) in [6.45, 7) is 0. The number of nitriles is 2. The van der Waals surface area contributed by atoms with Gasteiger partial charge in [-0.25, -0.2) is 0 Å². The molecule has 2 aromatic rings. The fourth-order valence-corrected chi connectivity index (χ4v) is 2.38. The highest BCUT2D eigenvalue weighted by Crippen LogP contribution is 2.29. The van der Waals surface area contributed by atoms with Gasteiger partial charge in [-0.05, 0) is 47.9 Å². The minimum absolute atomic E-state index is 0.356. The molecule has 0 aliphatic heterocycles. The highest BCUT2D eigenvalue weighted by atomic mass is 35.5. The third-order valence-electron chi connectivity index (χ3n) is 3.24. The quantitative estimate of drug-likeness (QED) is 0.854. The molecule has 2 aromatic carbocycles. The predicted molar refractivity (Wildman–Crippen MR) is 81.2 cm³/mol. The van der Waals surface area contributed by atoms with Gasteiger partial charge in [-0.2, -0.15) is 10.5 Å². The largest absolute Gasteiger partial charge is 0.496 e. The van der Waals surface area contributed by atoms with Gasteiger partial charge < -0.3 is 4.74 Å². The second kappa shape index (κ2) is 6.79. The van der Waals surface area contributed by atoms with Crippen molar-refractivity contribution in [3.8, 4) is 17.9 Å². The lowest BCUT2D eigenvalue weighted by Crippen LogP contribution is -2.03. The van der Waals surface area contributed by atoms with Crippen LogP contribution in [0.15, 0.2) is 42.5 Å². The first-order valence-corrected chi connectivity index (χ1v) is 6.78. The Morgan fingerprint density at radius 1 is 1.19 bits per heavy atom. The van der Waals surface area contributed by atoms with Gasteiger partial charge in [0.25, 0.3) is 0 Å². The van der Waals surface area contributed by atoms with Crippen molar-refractivity contribution in [2.75, 3.05) is 7.11 Å². The highest BCUT2D eigenvalue weighted by molar-refractivity contribution is 6.30. The summed E-state index contributed by atoms with van der Waals surface area (Å²) in [5, 5.41) is 19.0. The fourth-order valence-electron chi connectivity index (χ4n) is 2.19. The van der Waals surface area contributed by atoms with Crippen LogP contribution in [0, 0.1) is 22.7 Å². The molecule has 0 N–H and O–H groups in total. The van der Waals surface area contributed by atoms with Crippen LogP contribution in [0.2, 0.25) is 5.02 Å². The van der Waals surface area contributed by atoms with Crippen LogP contribution < -0.4 is 4.74 Å². The SMILES string of the molecule is COc1ccc(Cl)cc1CC(C#N)c1cccc(C#N)c1. The van der Waals surface area contributed by atoms with Crippen molar-refractivity contribution in [3.05, 3.63) is 64.2 Å². The van der Waals surface area contributed by atoms with Gasteiger partial charge in [0, 0.05) is 5.02 Å². The molecular weight excluding hydrogens is 284 g/mol. The van der Waals surface area contributed by atoms with E-state index in [1.54, 1.807) is 43.5 Å². The van der Waals surface area contributed by atoms with Crippen LogP contribution in [-0.4, -0.2) is 7.11 Å². The third kappa shape index (κ3) is 3.54. The van der Waals surface area contributed by atoms with Crippen LogP contribution in [0.4, 0.5) is 0 Å². The van der Waals surface area contributed by atoms with Gasteiger partial charge in [-0.3, -0.25) is 0 Å². The van der Waals surface area contributed by atoms with E-state index >= 15 is 0 Å². The van der Waals surface area contributed by atoms with E-state index in [9.17, 15) is 5.26 Å². The molecule has 2 rings (SSSR count). The molecule has 0 saturated heterocycles. The summed E-state index contributed by atoms with van der Waals surface area (Å²) in [4.78, 5) is 0. The number of rotatable bonds is 4. The molecule has 4 heteroatoms. The zero-order valence-corrected chi connectivity index (χ0v) is 12.3. The lowest BCUT2D eigenvalue weighted by molar-refractivity contribution is 0.409. The van der Waals surface area contributed by atoms with Crippen LogP contribution in [-0.2, 0) is 6.42 Å². The van der Waals surface area contributed by atoms with Gasteiger partial charge in [-0.15, -0.1) is 0 Å². The van der Waals surface area contributed by atoms with E-state index in [2.05, 4.69) is 12.1 Å². The summed E-state index contributed by atoms with van der Waals surface area (Å²) < 4.78 is 5.31. The van der Waals surface area contributed by atoms with E-state index in [4.69, 9.17) is 21.6 Å². The summed E-state index contributed by atoms with van der Waals surface area (Å²) in [5.74, 6) is 0.349. The van der Waals surface area contributed by atoms with Crippen molar-refractivity contribution in [2.24, 2.45) is 0 Å². The Labute approximate surface area is 129 Å². The zero-order chi connectivity index (χ0) is 15.2. The van der Waals surface area contributed by atoms with E-state index in [1.807, 2.05) is 6.07 Å². The number of hydrogen-bond acceptors (Lipinski definition) is 3. The number of hydrogen-bond donors (Lipinski definition) is 0. The maximum Gasteiger partial charge on any atom is 0.122 e. The molecule has 21 heavy (non-hydrogen) atoms. The van der Waals surface area contributed by atoms with Crippen LogP contribution in [0.5, 0.6) is 5.75 Å². The minimum atomic E-state index is -0.356. The van der Waals surface area contributed by atoms with Crippen molar-refractivity contribution in [1.29, 1.82) is 10.5 Å². The minimum Gasteiger partial charge on any atom is -0.496 e. The van der Waals surface area contributed by atoms with Gasteiger partial charge in [0.2, 0.25) is 0 Å². The van der Waals surface area contributed by atoms with E-state index in [0.717, 1.165) is 11.1 Å². The van der Waals surface area contributed by atoms with Crippen LogP contribution in [0.25, 0.3) is 0 Å². The smallest absolute Gasteiger partial charge is 0.122 e. The normalized spacial score (nSPS) is 11.2. The van der Waals surface area contributed by atoms with E-state index in [1.165, 1.54) is 0 Å². The molecule has 0 aliphatic carbocycles. The molecular formula is C17H13ClN2O.